The van der Waals surface area contributed by atoms with E-state index in [9.17, 15) is 18.0 Å². The zero-order valence-corrected chi connectivity index (χ0v) is 19.0. The first-order chi connectivity index (χ1) is 13.5. The van der Waals surface area contributed by atoms with Gasteiger partial charge in [-0.2, -0.15) is 10.3 Å². The molecule has 2 unspecified atom stereocenters. The first kappa shape index (κ1) is 23.6. The maximum atomic E-state index is 12.3. The molecule has 2 atom stereocenters. The molecule has 0 amide bonds. The Balaban J connectivity index is 1.68. The van der Waals surface area contributed by atoms with E-state index in [1.165, 1.54) is 12.1 Å². The molecule has 0 saturated heterocycles. The Kier molecular flexibility index (Phi) is 8.04. The second-order valence-corrected chi connectivity index (χ2v) is 11.9. The van der Waals surface area contributed by atoms with Gasteiger partial charge in [-0.1, -0.05) is 27.7 Å². The van der Waals surface area contributed by atoms with E-state index >= 15 is 0 Å². The quantitative estimate of drug-likeness (QED) is 0.514. The summed E-state index contributed by atoms with van der Waals surface area (Å²) in [4.78, 5) is 22.4. The van der Waals surface area contributed by atoms with Crippen molar-refractivity contribution in [3.63, 3.8) is 0 Å². The van der Waals surface area contributed by atoms with Crippen molar-refractivity contribution in [1.82, 2.24) is 10.3 Å². The van der Waals surface area contributed by atoms with Gasteiger partial charge in [0.2, 0.25) is 0 Å². The van der Waals surface area contributed by atoms with Crippen LogP contribution in [0.25, 0.3) is 0 Å². The first-order valence-electron chi connectivity index (χ1n) is 9.57. The number of rotatable bonds is 12. The van der Waals surface area contributed by atoms with E-state index < -0.39 is 21.6 Å². The molecule has 2 aromatic heterocycles. The third kappa shape index (κ3) is 7.26. The molecular weight excluding hydrogens is 416 g/mol. The smallest absolute Gasteiger partial charge is 0.280 e. The summed E-state index contributed by atoms with van der Waals surface area (Å²) in [5.41, 5.74) is -1.32. The summed E-state index contributed by atoms with van der Waals surface area (Å²) in [7, 11) is -2.03. The molecule has 0 aliphatic carbocycles. The average molecular weight is 447 g/mol. The summed E-state index contributed by atoms with van der Waals surface area (Å²) < 4.78 is 34.9. The van der Waals surface area contributed by atoms with E-state index in [0.29, 0.717) is 53.8 Å². The van der Waals surface area contributed by atoms with Crippen LogP contribution in [0.3, 0.4) is 0 Å². The highest BCUT2D eigenvalue weighted by Gasteiger charge is 2.27. The van der Waals surface area contributed by atoms with E-state index in [0.717, 1.165) is 0 Å². The number of aromatic amines is 2. The monoisotopic (exact) mass is 446 g/mol. The predicted octanol–water partition coefficient (Wildman–Crippen LogP) is 2.17. The fraction of sp³-hybridized carbons (Fsp3) is 0.684. The number of H-pyrrole nitrogens is 2. The Hall–Kier alpha value is -1.68. The van der Waals surface area contributed by atoms with Crippen LogP contribution >= 0.6 is 0 Å². The molecule has 8 nitrogen and oxygen atoms in total. The van der Waals surface area contributed by atoms with Crippen molar-refractivity contribution in [3.05, 3.63) is 44.4 Å². The molecule has 2 aromatic rings. The van der Waals surface area contributed by atoms with Crippen molar-refractivity contribution >= 4 is 21.6 Å². The molecule has 0 bridgehead atoms. The van der Waals surface area contributed by atoms with Gasteiger partial charge in [0.05, 0.1) is 0 Å². The minimum atomic E-state index is -1.02. The maximum Gasteiger partial charge on any atom is 0.280 e. The molecule has 164 valence electrons. The molecule has 29 heavy (non-hydrogen) atoms. The Labute approximate surface area is 174 Å². The summed E-state index contributed by atoms with van der Waals surface area (Å²) in [6.07, 6.45) is 1.87. The lowest BCUT2D eigenvalue weighted by Crippen LogP contribution is -2.22. The maximum absolute atomic E-state index is 12.3. The Morgan fingerprint density at radius 3 is 1.45 bits per heavy atom. The number of hydrogen-bond acceptors (Lipinski definition) is 6. The number of nitrogens with one attached hydrogen (secondary N) is 2. The second-order valence-electron chi connectivity index (χ2n) is 8.47. The van der Waals surface area contributed by atoms with Gasteiger partial charge in [0, 0.05) is 67.6 Å². The molecule has 0 fully saturated rings. The minimum absolute atomic E-state index is 0.279. The van der Waals surface area contributed by atoms with E-state index in [4.69, 9.17) is 9.05 Å². The van der Waals surface area contributed by atoms with Crippen molar-refractivity contribution in [3.8, 4) is 0 Å². The van der Waals surface area contributed by atoms with Gasteiger partial charge in [-0.05, 0) is 19.3 Å². The zero-order chi connectivity index (χ0) is 21.7. The van der Waals surface area contributed by atoms with Gasteiger partial charge in [-0.15, -0.1) is 0 Å². The average Bonchev–Trinajstić information content (AvgIpc) is 3.28. The second kappa shape index (κ2) is 9.88. The number of aromatic nitrogens is 2. The van der Waals surface area contributed by atoms with Crippen molar-refractivity contribution in [2.24, 2.45) is 0 Å². The van der Waals surface area contributed by atoms with Crippen LogP contribution in [0, 0.1) is 0 Å². The van der Waals surface area contributed by atoms with Crippen LogP contribution in [0.2, 0.25) is 0 Å². The van der Waals surface area contributed by atoms with Crippen LogP contribution in [0.15, 0.2) is 30.8 Å². The van der Waals surface area contributed by atoms with Gasteiger partial charge in [0.25, 0.3) is 11.1 Å². The van der Waals surface area contributed by atoms with Crippen LogP contribution in [0.1, 0.15) is 58.5 Å². The van der Waals surface area contributed by atoms with Crippen molar-refractivity contribution in [1.29, 1.82) is 0 Å². The molecule has 0 radical (unpaired) electrons. The van der Waals surface area contributed by atoms with Gasteiger partial charge in [-0.25, -0.2) is 0 Å². The molecule has 0 aliphatic heterocycles. The summed E-state index contributed by atoms with van der Waals surface area (Å²) in [6, 6.07) is 2.85. The van der Waals surface area contributed by atoms with E-state index in [1.807, 2.05) is 27.7 Å². The molecule has 2 heterocycles. The van der Waals surface area contributed by atoms with E-state index in [1.54, 1.807) is 0 Å². The Morgan fingerprint density at radius 2 is 1.14 bits per heavy atom. The molecule has 0 aliphatic rings. The molecule has 0 saturated carbocycles. The Bertz CT molecular complexity index is 874. The standard InChI is InChI=1S/C19H30N2O6S2/c1-18(2,14-12-16(22)20-26-14)6-10-28(24)8-5-9-29(25)11-7-19(3,4)15-13-17(23)21-27-15/h12-13H,5-11H2,1-4H3,(H,20,22)(H,21,23). The molecule has 2 rings (SSSR count). The van der Waals surface area contributed by atoms with E-state index in [-0.39, 0.29) is 21.9 Å². The molecular formula is C19H30N2O6S2. The zero-order valence-electron chi connectivity index (χ0n) is 17.4. The third-order valence-electron chi connectivity index (χ3n) is 5.04. The molecule has 10 heteroatoms. The lowest BCUT2D eigenvalue weighted by Gasteiger charge is -2.21. The van der Waals surface area contributed by atoms with Crippen LogP contribution in [-0.4, -0.2) is 41.7 Å². The van der Waals surface area contributed by atoms with Gasteiger partial charge >= 0.3 is 0 Å². The third-order valence-corrected chi connectivity index (χ3v) is 7.84. The normalized spacial score (nSPS) is 14.8. The highest BCUT2D eigenvalue weighted by atomic mass is 32.2. The fourth-order valence-electron chi connectivity index (χ4n) is 2.80. The summed E-state index contributed by atoms with van der Waals surface area (Å²) in [6.45, 7) is 7.78. The molecule has 0 spiro atoms. The summed E-state index contributed by atoms with van der Waals surface area (Å²) in [5.74, 6) is 3.09. The van der Waals surface area contributed by atoms with Crippen molar-refractivity contribution in [2.45, 2.75) is 57.8 Å². The summed E-state index contributed by atoms with van der Waals surface area (Å²) >= 11 is 0. The van der Waals surface area contributed by atoms with Gasteiger partial charge < -0.3 is 9.05 Å². The van der Waals surface area contributed by atoms with Crippen molar-refractivity contribution < 1.29 is 17.5 Å². The van der Waals surface area contributed by atoms with Crippen LogP contribution in [0.4, 0.5) is 0 Å². The SMILES string of the molecule is CC(C)(CCS(=O)CCCS(=O)CCC(C)(C)c1cc(=O)[nH]o1)c1cc(=O)[nH]o1. The topological polar surface area (TPSA) is 126 Å². The van der Waals surface area contributed by atoms with Crippen LogP contribution in [0.5, 0.6) is 0 Å². The first-order valence-corrected chi connectivity index (χ1v) is 12.6. The van der Waals surface area contributed by atoms with Crippen LogP contribution in [-0.2, 0) is 32.4 Å². The predicted molar refractivity (Wildman–Crippen MR) is 114 cm³/mol. The Morgan fingerprint density at radius 1 is 0.759 bits per heavy atom. The number of hydrogen-bond donors (Lipinski definition) is 2. The van der Waals surface area contributed by atoms with Crippen molar-refractivity contribution in [2.75, 3.05) is 23.0 Å². The van der Waals surface area contributed by atoms with E-state index in [2.05, 4.69) is 10.3 Å². The molecule has 0 aromatic carbocycles. The molecule has 2 N–H and O–H groups in total. The lowest BCUT2D eigenvalue weighted by atomic mass is 9.87. The summed E-state index contributed by atoms with van der Waals surface area (Å²) in [5, 5.41) is 4.56. The van der Waals surface area contributed by atoms with Gasteiger partial charge in [0.15, 0.2) is 0 Å². The highest BCUT2D eigenvalue weighted by molar-refractivity contribution is 7.85. The highest BCUT2D eigenvalue weighted by Crippen LogP contribution is 2.27. The van der Waals surface area contributed by atoms with Crippen LogP contribution < -0.4 is 11.1 Å². The van der Waals surface area contributed by atoms with Gasteiger partial charge in [0.1, 0.15) is 11.5 Å². The lowest BCUT2D eigenvalue weighted by molar-refractivity contribution is 0.309. The fourth-order valence-corrected chi connectivity index (χ4v) is 5.80. The minimum Gasteiger partial charge on any atom is -0.383 e. The van der Waals surface area contributed by atoms with Gasteiger partial charge in [-0.3, -0.25) is 18.0 Å². The largest absolute Gasteiger partial charge is 0.383 e.